The lowest BCUT2D eigenvalue weighted by Crippen LogP contribution is -2.43. The fourth-order valence-corrected chi connectivity index (χ4v) is 2.54. The average molecular weight is 249 g/mol. The smallest absolute Gasteiger partial charge is 0.314 e. The third-order valence-corrected chi connectivity index (χ3v) is 3.82. The summed E-state index contributed by atoms with van der Waals surface area (Å²) in [6.45, 7) is 0. The van der Waals surface area contributed by atoms with Crippen molar-refractivity contribution in [2.24, 2.45) is 0 Å². The molecular formula is C14H19NO3. The Morgan fingerprint density at radius 1 is 1.39 bits per heavy atom. The van der Waals surface area contributed by atoms with Gasteiger partial charge in [0.15, 0.2) is 0 Å². The Morgan fingerprint density at radius 3 is 2.44 bits per heavy atom. The maximum Gasteiger partial charge on any atom is 0.314 e. The van der Waals surface area contributed by atoms with E-state index in [0.717, 1.165) is 17.7 Å². The molecule has 4 nitrogen and oxygen atoms in total. The zero-order chi connectivity index (χ0) is 13.3. The first kappa shape index (κ1) is 12.7. The number of hydrogen-bond acceptors (Lipinski definition) is 3. The summed E-state index contributed by atoms with van der Waals surface area (Å²) in [4.78, 5) is 13.6. The third-order valence-electron chi connectivity index (χ3n) is 3.82. The minimum absolute atomic E-state index is 0.705. The molecule has 98 valence electrons. The van der Waals surface area contributed by atoms with Gasteiger partial charge in [0, 0.05) is 19.8 Å². The number of carboxylic acid groups (broad SMARTS) is 1. The molecule has 0 unspecified atom stereocenters. The summed E-state index contributed by atoms with van der Waals surface area (Å²) in [5.74, 6) is -0.0202. The van der Waals surface area contributed by atoms with E-state index in [1.807, 2.05) is 37.2 Å². The van der Waals surface area contributed by atoms with Crippen molar-refractivity contribution < 1.29 is 14.6 Å². The van der Waals surface area contributed by atoms with E-state index in [0.29, 0.717) is 18.6 Å². The maximum atomic E-state index is 11.6. The van der Waals surface area contributed by atoms with E-state index in [4.69, 9.17) is 4.74 Å². The van der Waals surface area contributed by atoms with Crippen LogP contribution >= 0.6 is 0 Å². The Labute approximate surface area is 107 Å². The molecule has 0 radical (unpaired) electrons. The lowest BCUT2D eigenvalue weighted by molar-refractivity contribution is -0.147. The van der Waals surface area contributed by atoms with Crippen molar-refractivity contribution in [3.63, 3.8) is 0 Å². The van der Waals surface area contributed by atoms with E-state index in [2.05, 4.69) is 0 Å². The second-order valence-electron chi connectivity index (χ2n) is 5.02. The highest BCUT2D eigenvalue weighted by molar-refractivity contribution is 5.85. The topological polar surface area (TPSA) is 49.8 Å². The van der Waals surface area contributed by atoms with Gasteiger partial charge in [-0.05, 0) is 36.6 Å². The Bertz CT molecular complexity index is 464. The number of rotatable bonds is 4. The molecule has 1 aromatic carbocycles. The van der Waals surface area contributed by atoms with Crippen LogP contribution in [0.15, 0.2) is 18.2 Å². The van der Waals surface area contributed by atoms with Crippen LogP contribution in [0.3, 0.4) is 0 Å². The van der Waals surface area contributed by atoms with Crippen molar-refractivity contribution in [3.8, 4) is 5.75 Å². The predicted octanol–water partition coefficient (Wildman–Crippen LogP) is 2.27. The number of nitrogens with zero attached hydrogens (tertiary/aromatic N) is 1. The zero-order valence-corrected chi connectivity index (χ0v) is 11.1. The van der Waals surface area contributed by atoms with Crippen LogP contribution in [0.25, 0.3) is 0 Å². The monoisotopic (exact) mass is 249 g/mol. The molecule has 1 fully saturated rings. The summed E-state index contributed by atoms with van der Waals surface area (Å²) in [5.41, 5.74) is 1.09. The van der Waals surface area contributed by atoms with Crippen molar-refractivity contribution in [2.45, 2.75) is 24.7 Å². The van der Waals surface area contributed by atoms with Gasteiger partial charge in [-0.25, -0.2) is 0 Å². The van der Waals surface area contributed by atoms with Gasteiger partial charge in [0.05, 0.1) is 12.5 Å². The summed E-state index contributed by atoms with van der Waals surface area (Å²) in [6, 6.07) is 5.66. The van der Waals surface area contributed by atoms with E-state index in [1.54, 1.807) is 7.11 Å². The molecule has 0 atom stereocenters. The molecule has 1 aliphatic rings. The number of aliphatic carboxylic acids is 1. The van der Waals surface area contributed by atoms with Crippen molar-refractivity contribution in [1.82, 2.24) is 0 Å². The van der Waals surface area contributed by atoms with E-state index in [-0.39, 0.29) is 0 Å². The van der Waals surface area contributed by atoms with Gasteiger partial charge in [-0.15, -0.1) is 0 Å². The molecule has 0 aromatic heterocycles. The highest BCUT2D eigenvalue weighted by atomic mass is 16.5. The normalized spacial score (nSPS) is 16.8. The van der Waals surface area contributed by atoms with Crippen LogP contribution in [0.2, 0.25) is 0 Å². The third kappa shape index (κ3) is 1.82. The molecule has 0 heterocycles. The Morgan fingerprint density at radius 2 is 2.06 bits per heavy atom. The molecule has 0 aliphatic heterocycles. The van der Waals surface area contributed by atoms with Crippen molar-refractivity contribution >= 4 is 11.7 Å². The predicted molar refractivity (Wildman–Crippen MR) is 70.5 cm³/mol. The summed E-state index contributed by atoms with van der Waals surface area (Å²) in [7, 11) is 5.46. The van der Waals surface area contributed by atoms with Gasteiger partial charge in [-0.1, -0.05) is 6.42 Å². The molecule has 2 rings (SSSR count). The average Bonchev–Trinajstić information content (AvgIpc) is 2.26. The van der Waals surface area contributed by atoms with Gasteiger partial charge in [0.25, 0.3) is 0 Å². The number of anilines is 1. The van der Waals surface area contributed by atoms with E-state index < -0.39 is 11.4 Å². The van der Waals surface area contributed by atoms with E-state index >= 15 is 0 Å². The second kappa shape index (κ2) is 4.52. The van der Waals surface area contributed by atoms with Gasteiger partial charge in [-0.2, -0.15) is 0 Å². The van der Waals surface area contributed by atoms with Crippen LogP contribution in [0.5, 0.6) is 5.75 Å². The molecule has 18 heavy (non-hydrogen) atoms. The highest BCUT2D eigenvalue weighted by Gasteiger charge is 2.47. The van der Waals surface area contributed by atoms with Gasteiger partial charge in [-0.3, -0.25) is 4.79 Å². The number of carbonyl (C=O) groups is 1. The fourth-order valence-electron chi connectivity index (χ4n) is 2.54. The number of benzene rings is 1. The minimum atomic E-state index is -0.731. The van der Waals surface area contributed by atoms with E-state index in [9.17, 15) is 9.90 Å². The van der Waals surface area contributed by atoms with Crippen LogP contribution in [0.1, 0.15) is 24.8 Å². The lowest BCUT2D eigenvalue weighted by Gasteiger charge is -2.40. The number of carboxylic acids is 1. The van der Waals surface area contributed by atoms with Crippen molar-refractivity contribution in [3.05, 3.63) is 23.8 Å². The summed E-state index contributed by atoms with van der Waals surface area (Å²) in [6.07, 6.45) is 2.38. The lowest BCUT2D eigenvalue weighted by atomic mass is 9.64. The first-order valence-electron chi connectivity index (χ1n) is 6.10. The summed E-state index contributed by atoms with van der Waals surface area (Å²) >= 11 is 0. The van der Waals surface area contributed by atoms with Crippen LogP contribution in [-0.2, 0) is 10.2 Å². The molecule has 1 N–H and O–H groups in total. The van der Waals surface area contributed by atoms with Crippen LogP contribution in [0, 0.1) is 0 Å². The first-order chi connectivity index (χ1) is 8.51. The highest BCUT2D eigenvalue weighted by Crippen LogP contribution is 2.48. The zero-order valence-electron chi connectivity index (χ0n) is 11.1. The first-order valence-corrected chi connectivity index (χ1v) is 6.10. The van der Waals surface area contributed by atoms with Gasteiger partial charge in [0.2, 0.25) is 0 Å². The van der Waals surface area contributed by atoms with E-state index in [1.165, 1.54) is 0 Å². The van der Waals surface area contributed by atoms with Crippen LogP contribution in [-0.4, -0.2) is 32.3 Å². The van der Waals surface area contributed by atoms with Gasteiger partial charge in [0.1, 0.15) is 5.75 Å². The maximum absolute atomic E-state index is 11.6. The Balaban J connectivity index is 2.56. The van der Waals surface area contributed by atoms with Crippen molar-refractivity contribution in [2.75, 3.05) is 26.1 Å². The van der Waals surface area contributed by atoms with Crippen LogP contribution < -0.4 is 9.64 Å². The molecule has 0 bridgehead atoms. The summed E-state index contributed by atoms with van der Waals surface area (Å²) in [5, 5.41) is 9.55. The van der Waals surface area contributed by atoms with Crippen LogP contribution in [0.4, 0.5) is 5.69 Å². The minimum Gasteiger partial charge on any atom is -0.497 e. The van der Waals surface area contributed by atoms with Crippen molar-refractivity contribution in [1.29, 1.82) is 0 Å². The SMILES string of the molecule is COc1ccc(N(C)C)c(C2(C(=O)O)CCC2)c1. The largest absolute Gasteiger partial charge is 0.497 e. The molecule has 1 aliphatic carbocycles. The summed E-state index contributed by atoms with van der Waals surface area (Å²) < 4.78 is 5.22. The van der Waals surface area contributed by atoms with Gasteiger partial charge < -0.3 is 14.7 Å². The molecule has 1 aromatic rings. The molecular weight excluding hydrogens is 230 g/mol. The molecule has 0 saturated heterocycles. The quantitative estimate of drug-likeness (QED) is 0.889. The Hall–Kier alpha value is -1.71. The standard InChI is InChI=1S/C14H19NO3/c1-15(2)12-6-5-10(18-3)9-11(12)14(13(16)17)7-4-8-14/h5-6,9H,4,7-8H2,1-3H3,(H,16,17). The fraction of sp³-hybridized carbons (Fsp3) is 0.500. The molecule has 0 amide bonds. The number of methoxy groups -OCH3 is 1. The Kier molecular flexibility index (Phi) is 3.20. The number of ether oxygens (including phenoxy) is 1. The number of hydrogen-bond donors (Lipinski definition) is 1. The van der Waals surface area contributed by atoms with Gasteiger partial charge >= 0.3 is 5.97 Å². The second-order valence-corrected chi connectivity index (χ2v) is 5.02. The molecule has 1 saturated carbocycles. The molecule has 0 spiro atoms. The molecule has 4 heteroatoms.